The molecule has 0 spiro atoms. The Balaban J connectivity index is 1.34. The van der Waals surface area contributed by atoms with Crippen LogP contribution in [0.1, 0.15) is 27.5 Å². The third-order valence-electron chi connectivity index (χ3n) is 7.16. The average molecular weight is 550 g/mol. The molecular formula is C31H23N3O7. The van der Waals surface area contributed by atoms with Crippen molar-refractivity contribution < 1.29 is 28.9 Å². The van der Waals surface area contributed by atoms with Crippen molar-refractivity contribution in [3.63, 3.8) is 0 Å². The third kappa shape index (κ3) is 4.70. The van der Waals surface area contributed by atoms with E-state index in [4.69, 9.17) is 9.57 Å². The minimum absolute atomic E-state index is 0.105. The van der Waals surface area contributed by atoms with Gasteiger partial charge < -0.3 is 4.74 Å². The number of non-ortho nitro benzene ring substituents is 1. The van der Waals surface area contributed by atoms with Gasteiger partial charge in [-0.1, -0.05) is 48.0 Å². The smallest absolute Gasteiger partial charge is 0.343 e. The van der Waals surface area contributed by atoms with E-state index in [0.717, 1.165) is 10.5 Å². The highest BCUT2D eigenvalue weighted by Crippen LogP contribution is 2.48. The number of amides is 2. The van der Waals surface area contributed by atoms with E-state index in [1.54, 1.807) is 66.7 Å². The second kappa shape index (κ2) is 10.3. The van der Waals surface area contributed by atoms with Crippen LogP contribution in [-0.4, -0.2) is 28.8 Å². The van der Waals surface area contributed by atoms with Crippen molar-refractivity contribution in [1.82, 2.24) is 0 Å². The number of hydrogen-bond acceptors (Lipinski definition) is 8. The summed E-state index contributed by atoms with van der Waals surface area (Å²) in [7, 11) is 0. The van der Waals surface area contributed by atoms with Crippen LogP contribution in [0.15, 0.2) is 103 Å². The van der Waals surface area contributed by atoms with E-state index in [1.165, 1.54) is 29.3 Å². The van der Waals surface area contributed by atoms with Crippen LogP contribution in [0.25, 0.3) is 0 Å². The Labute approximate surface area is 234 Å². The van der Waals surface area contributed by atoms with Gasteiger partial charge >= 0.3 is 5.97 Å². The molecule has 2 heterocycles. The molecule has 0 aliphatic carbocycles. The van der Waals surface area contributed by atoms with E-state index in [-0.39, 0.29) is 5.69 Å². The van der Waals surface area contributed by atoms with Gasteiger partial charge in [0.15, 0.2) is 6.10 Å². The number of imide groups is 1. The molecule has 0 bridgehead atoms. The van der Waals surface area contributed by atoms with E-state index in [2.05, 4.69) is 0 Å². The molecule has 0 saturated carbocycles. The second-order valence-corrected chi connectivity index (χ2v) is 9.77. The van der Waals surface area contributed by atoms with Gasteiger partial charge in [0.2, 0.25) is 5.91 Å². The molecular weight excluding hydrogens is 526 g/mol. The largest absolute Gasteiger partial charge is 0.423 e. The maximum Gasteiger partial charge on any atom is 0.343 e. The van der Waals surface area contributed by atoms with Gasteiger partial charge in [0.25, 0.3) is 11.6 Å². The highest BCUT2D eigenvalue weighted by atomic mass is 16.7. The number of nitro benzene ring substituents is 1. The topological polar surface area (TPSA) is 119 Å². The fourth-order valence-corrected chi connectivity index (χ4v) is 5.12. The lowest BCUT2D eigenvalue weighted by Crippen LogP contribution is -2.37. The molecule has 0 unspecified atom stereocenters. The van der Waals surface area contributed by atoms with Crippen molar-refractivity contribution >= 4 is 34.8 Å². The van der Waals surface area contributed by atoms with Crippen LogP contribution in [0, 0.1) is 23.0 Å². The summed E-state index contributed by atoms with van der Waals surface area (Å²) >= 11 is 0. The summed E-state index contributed by atoms with van der Waals surface area (Å²) in [5.41, 5.74) is 2.80. The Hall–Kier alpha value is -5.35. The van der Waals surface area contributed by atoms with Gasteiger partial charge in [-0.25, -0.2) is 14.8 Å². The predicted molar refractivity (Wildman–Crippen MR) is 148 cm³/mol. The predicted octanol–water partition coefficient (Wildman–Crippen LogP) is 5.17. The molecule has 6 rings (SSSR count). The van der Waals surface area contributed by atoms with E-state index >= 15 is 0 Å². The molecule has 204 valence electrons. The van der Waals surface area contributed by atoms with Crippen LogP contribution in [0.3, 0.4) is 0 Å². The highest BCUT2D eigenvalue weighted by molar-refractivity contribution is 6.23. The standard InChI is InChI=1S/C31H23N3O7/c1-19-7-11-22(12-8-19)32-29(35)26-27(20-9-17-25(18-10-20)40-31(37)21-5-3-2-4-6-21)33(41-28(26)30(32)36)23-13-15-24(16-14-23)34(38)39/h2-18,26-28H,1H3/t26-,27-,28+/m0/s1. The monoisotopic (exact) mass is 549 g/mol. The zero-order valence-corrected chi connectivity index (χ0v) is 21.7. The zero-order valence-electron chi connectivity index (χ0n) is 21.7. The van der Waals surface area contributed by atoms with Crippen LogP contribution in [0.2, 0.25) is 0 Å². The SMILES string of the molecule is Cc1ccc(N2C(=O)[C@@H]3[C@@H](ON(c4ccc([N+](=O)[O-])cc4)[C@H]3c3ccc(OC(=O)c4ccccc4)cc3)C2=O)cc1. The van der Waals surface area contributed by atoms with Crippen LogP contribution in [0.4, 0.5) is 17.1 Å². The minimum Gasteiger partial charge on any atom is -0.423 e. The van der Waals surface area contributed by atoms with E-state index in [0.29, 0.717) is 28.3 Å². The molecule has 4 aromatic carbocycles. The summed E-state index contributed by atoms with van der Waals surface area (Å²) in [6.45, 7) is 1.91. The van der Waals surface area contributed by atoms with E-state index in [9.17, 15) is 24.5 Å². The number of aryl methyl sites for hydroxylation is 1. The normalized spacial score (nSPS) is 19.8. The molecule has 3 atom stereocenters. The molecule has 10 heteroatoms. The number of nitrogens with zero attached hydrogens (tertiary/aromatic N) is 3. The van der Waals surface area contributed by atoms with Gasteiger partial charge in [0.05, 0.1) is 27.9 Å². The van der Waals surface area contributed by atoms with Crippen molar-refractivity contribution in [2.75, 3.05) is 9.96 Å². The molecule has 4 aromatic rings. The van der Waals surface area contributed by atoms with Crippen molar-refractivity contribution in [3.8, 4) is 5.75 Å². The Morgan fingerprint density at radius 3 is 2.10 bits per heavy atom. The third-order valence-corrected chi connectivity index (χ3v) is 7.16. The number of carbonyl (C=O) groups is 3. The van der Waals surface area contributed by atoms with Gasteiger partial charge in [-0.2, -0.15) is 0 Å². The van der Waals surface area contributed by atoms with E-state index < -0.39 is 40.8 Å². The number of nitro groups is 1. The molecule has 10 nitrogen and oxygen atoms in total. The first-order chi connectivity index (χ1) is 19.8. The molecule has 2 fully saturated rings. The lowest BCUT2D eigenvalue weighted by atomic mass is 9.90. The first kappa shape index (κ1) is 25.9. The lowest BCUT2D eigenvalue weighted by Gasteiger charge is -2.28. The molecule has 0 radical (unpaired) electrons. The van der Waals surface area contributed by atoms with Gasteiger partial charge in [0, 0.05) is 12.1 Å². The van der Waals surface area contributed by atoms with Crippen molar-refractivity contribution in [3.05, 3.63) is 130 Å². The van der Waals surface area contributed by atoms with Gasteiger partial charge in [0.1, 0.15) is 11.7 Å². The molecule has 2 aliphatic rings. The Morgan fingerprint density at radius 2 is 1.46 bits per heavy atom. The van der Waals surface area contributed by atoms with Crippen LogP contribution >= 0.6 is 0 Å². The first-order valence-corrected chi connectivity index (χ1v) is 12.8. The van der Waals surface area contributed by atoms with Gasteiger partial charge in [-0.3, -0.25) is 24.5 Å². The number of anilines is 2. The molecule has 0 aromatic heterocycles. The number of ether oxygens (including phenoxy) is 1. The van der Waals surface area contributed by atoms with E-state index in [1.807, 2.05) is 19.1 Å². The molecule has 0 N–H and O–H groups in total. The maximum absolute atomic E-state index is 13.8. The summed E-state index contributed by atoms with van der Waals surface area (Å²) in [4.78, 5) is 57.7. The Morgan fingerprint density at radius 1 is 0.829 bits per heavy atom. The number of benzene rings is 4. The fraction of sp³-hybridized carbons (Fsp3) is 0.129. The second-order valence-electron chi connectivity index (χ2n) is 9.77. The summed E-state index contributed by atoms with van der Waals surface area (Å²) in [5, 5.41) is 12.6. The van der Waals surface area contributed by atoms with Crippen LogP contribution in [0.5, 0.6) is 5.75 Å². The molecule has 41 heavy (non-hydrogen) atoms. The molecule has 2 amide bonds. The van der Waals surface area contributed by atoms with Gasteiger partial charge in [-0.15, -0.1) is 0 Å². The van der Waals surface area contributed by atoms with Crippen LogP contribution in [-0.2, 0) is 14.4 Å². The average Bonchev–Trinajstić information content (AvgIpc) is 3.50. The van der Waals surface area contributed by atoms with Crippen LogP contribution < -0.4 is 14.7 Å². The van der Waals surface area contributed by atoms with Gasteiger partial charge in [-0.05, 0) is 61.0 Å². The molecule has 2 saturated heterocycles. The minimum atomic E-state index is -1.10. The number of esters is 1. The Kier molecular flexibility index (Phi) is 6.52. The first-order valence-electron chi connectivity index (χ1n) is 12.8. The van der Waals surface area contributed by atoms with Crippen molar-refractivity contribution in [1.29, 1.82) is 0 Å². The number of fused-ring (bicyclic) bond motifs is 1. The summed E-state index contributed by atoms with van der Waals surface area (Å²) < 4.78 is 5.50. The summed E-state index contributed by atoms with van der Waals surface area (Å²) in [6, 6.07) is 27.2. The fourth-order valence-electron chi connectivity index (χ4n) is 5.12. The zero-order chi connectivity index (χ0) is 28.7. The van der Waals surface area contributed by atoms with Crippen molar-refractivity contribution in [2.45, 2.75) is 19.1 Å². The van der Waals surface area contributed by atoms with Crippen molar-refractivity contribution in [2.24, 2.45) is 5.92 Å². The number of rotatable bonds is 6. The highest BCUT2D eigenvalue weighted by Gasteiger charge is 2.60. The lowest BCUT2D eigenvalue weighted by molar-refractivity contribution is -0.384. The summed E-state index contributed by atoms with van der Waals surface area (Å²) in [6.07, 6.45) is -1.10. The maximum atomic E-state index is 13.8. The Bertz CT molecular complexity index is 1640. The number of hydrogen-bond donors (Lipinski definition) is 0. The number of carbonyl (C=O) groups excluding carboxylic acids is 3. The molecule has 2 aliphatic heterocycles. The quantitative estimate of drug-likeness (QED) is 0.106. The number of hydroxylamine groups is 1. The summed E-state index contributed by atoms with van der Waals surface area (Å²) in [5.74, 6) is -2.02.